The smallest absolute Gasteiger partial charge is 0.179 e. The molecule has 0 atom stereocenters. The van der Waals surface area contributed by atoms with Gasteiger partial charge in [-0.25, -0.2) is 0 Å². The molecule has 0 aliphatic heterocycles. The minimum atomic E-state index is 0.519. The number of nitrogens with two attached hydrogens (primary N) is 1. The van der Waals surface area contributed by atoms with E-state index in [-0.39, 0.29) is 0 Å². The second-order valence-corrected chi connectivity index (χ2v) is 4.21. The third-order valence-corrected chi connectivity index (χ3v) is 2.90. The average Bonchev–Trinajstić information content (AvgIpc) is 2.70. The summed E-state index contributed by atoms with van der Waals surface area (Å²) in [5.41, 5.74) is 6.56. The molecule has 0 aliphatic carbocycles. The van der Waals surface area contributed by atoms with Crippen molar-refractivity contribution in [1.82, 2.24) is 20.2 Å². The van der Waals surface area contributed by atoms with Gasteiger partial charge < -0.3 is 5.73 Å². The Morgan fingerprint density at radius 1 is 1.31 bits per heavy atom. The number of aromatic nitrogens is 4. The molecule has 0 fully saturated rings. The van der Waals surface area contributed by atoms with Gasteiger partial charge >= 0.3 is 0 Å². The SMILES string of the molecule is NCCn1nnc(Cc2ccccc2Br)n1. The van der Waals surface area contributed by atoms with Gasteiger partial charge in [-0.3, -0.25) is 0 Å². The van der Waals surface area contributed by atoms with Gasteiger partial charge in [0.1, 0.15) is 0 Å². The predicted octanol–water partition coefficient (Wildman–Crippen LogP) is 0.985. The van der Waals surface area contributed by atoms with Crippen molar-refractivity contribution in [3.05, 3.63) is 40.1 Å². The highest BCUT2D eigenvalue weighted by atomic mass is 79.9. The largest absolute Gasteiger partial charge is 0.329 e. The topological polar surface area (TPSA) is 69.6 Å². The molecule has 0 amide bonds. The lowest BCUT2D eigenvalue weighted by atomic mass is 10.1. The molecule has 0 saturated carbocycles. The molecule has 6 heteroatoms. The lowest BCUT2D eigenvalue weighted by Crippen LogP contribution is -2.12. The number of hydrogen-bond donors (Lipinski definition) is 1. The summed E-state index contributed by atoms with van der Waals surface area (Å²) in [5.74, 6) is 0.709. The summed E-state index contributed by atoms with van der Waals surface area (Å²) in [6.07, 6.45) is 0.673. The van der Waals surface area contributed by atoms with Crippen LogP contribution in [0.3, 0.4) is 0 Å². The normalized spacial score (nSPS) is 10.6. The average molecular weight is 282 g/mol. The zero-order valence-corrected chi connectivity index (χ0v) is 10.3. The van der Waals surface area contributed by atoms with Gasteiger partial charge in [0.15, 0.2) is 5.82 Å². The van der Waals surface area contributed by atoms with E-state index in [0.717, 1.165) is 10.0 Å². The van der Waals surface area contributed by atoms with Gasteiger partial charge in [0.2, 0.25) is 0 Å². The lowest BCUT2D eigenvalue weighted by Gasteiger charge is -1.99. The number of hydrogen-bond acceptors (Lipinski definition) is 4. The second kappa shape index (κ2) is 5.18. The van der Waals surface area contributed by atoms with Crippen molar-refractivity contribution in [3.8, 4) is 0 Å². The van der Waals surface area contributed by atoms with Crippen molar-refractivity contribution in [2.24, 2.45) is 5.73 Å². The minimum Gasteiger partial charge on any atom is -0.329 e. The van der Waals surface area contributed by atoms with Gasteiger partial charge in [-0.05, 0) is 16.8 Å². The molecule has 2 N–H and O–H groups in total. The van der Waals surface area contributed by atoms with Crippen LogP contribution in [0.4, 0.5) is 0 Å². The highest BCUT2D eigenvalue weighted by Crippen LogP contribution is 2.17. The van der Waals surface area contributed by atoms with Crippen LogP contribution in [-0.4, -0.2) is 26.8 Å². The number of benzene rings is 1. The van der Waals surface area contributed by atoms with Crippen LogP contribution in [0.1, 0.15) is 11.4 Å². The minimum absolute atomic E-state index is 0.519. The number of nitrogens with zero attached hydrogens (tertiary/aromatic N) is 4. The fraction of sp³-hybridized carbons (Fsp3) is 0.300. The Balaban J connectivity index is 2.11. The zero-order chi connectivity index (χ0) is 11.4. The molecule has 0 aliphatic rings. The van der Waals surface area contributed by atoms with E-state index >= 15 is 0 Å². The lowest BCUT2D eigenvalue weighted by molar-refractivity contribution is 0.529. The third-order valence-electron chi connectivity index (χ3n) is 2.13. The third kappa shape index (κ3) is 2.65. The van der Waals surface area contributed by atoms with Crippen molar-refractivity contribution in [2.45, 2.75) is 13.0 Å². The van der Waals surface area contributed by atoms with Crippen molar-refractivity contribution < 1.29 is 0 Å². The first-order chi connectivity index (χ1) is 7.79. The van der Waals surface area contributed by atoms with Crippen LogP contribution >= 0.6 is 15.9 Å². The molecule has 5 nitrogen and oxygen atoms in total. The quantitative estimate of drug-likeness (QED) is 0.907. The van der Waals surface area contributed by atoms with Crippen molar-refractivity contribution in [3.63, 3.8) is 0 Å². The molecule has 16 heavy (non-hydrogen) atoms. The summed E-state index contributed by atoms with van der Waals surface area (Å²) in [7, 11) is 0. The molecular formula is C10H12BrN5. The Bertz CT molecular complexity index is 468. The summed E-state index contributed by atoms with van der Waals surface area (Å²) in [6.45, 7) is 1.12. The number of rotatable bonds is 4. The van der Waals surface area contributed by atoms with E-state index in [1.165, 1.54) is 4.80 Å². The van der Waals surface area contributed by atoms with Crippen molar-refractivity contribution in [1.29, 1.82) is 0 Å². The van der Waals surface area contributed by atoms with Gasteiger partial charge in [-0.15, -0.1) is 10.2 Å². The van der Waals surface area contributed by atoms with Crippen LogP contribution in [0.2, 0.25) is 0 Å². The molecule has 0 unspecified atom stereocenters. The van der Waals surface area contributed by atoms with E-state index in [1.54, 1.807) is 0 Å². The van der Waals surface area contributed by atoms with E-state index in [1.807, 2.05) is 24.3 Å². The molecule has 2 aromatic rings. The molecule has 84 valence electrons. The Hall–Kier alpha value is -1.27. The molecule has 1 heterocycles. The van der Waals surface area contributed by atoms with Gasteiger partial charge in [-0.2, -0.15) is 4.80 Å². The molecule has 2 rings (SSSR count). The summed E-state index contributed by atoms with van der Waals surface area (Å²) in [4.78, 5) is 1.52. The fourth-order valence-electron chi connectivity index (χ4n) is 1.37. The second-order valence-electron chi connectivity index (χ2n) is 3.36. The van der Waals surface area contributed by atoms with Gasteiger partial charge in [0, 0.05) is 17.4 Å². The van der Waals surface area contributed by atoms with E-state index in [9.17, 15) is 0 Å². The molecule has 0 radical (unpaired) electrons. The summed E-state index contributed by atoms with van der Waals surface area (Å²) >= 11 is 3.49. The van der Waals surface area contributed by atoms with E-state index in [2.05, 4.69) is 31.3 Å². The summed E-state index contributed by atoms with van der Waals surface area (Å²) < 4.78 is 1.06. The maximum atomic E-state index is 5.41. The van der Waals surface area contributed by atoms with E-state index in [4.69, 9.17) is 5.73 Å². The maximum Gasteiger partial charge on any atom is 0.179 e. The van der Waals surface area contributed by atoms with Crippen molar-refractivity contribution in [2.75, 3.05) is 6.54 Å². The van der Waals surface area contributed by atoms with Crippen LogP contribution in [0, 0.1) is 0 Å². The highest BCUT2D eigenvalue weighted by Gasteiger charge is 2.05. The van der Waals surface area contributed by atoms with Crippen LogP contribution < -0.4 is 5.73 Å². The summed E-state index contributed by atoms with van der Waals surface area (Å²) in [6, 6.07) is 8.00. The molecule has 0 bridgehead atoms. The monoisotopic (exact) mass is 281 g/mol. The first-order valence-electron chi connectivity index (χ1n) is 5.00. The summed E-state index contributed by atoms with van der Waals surface area (Å²) in [5, 5.41) is 12.1. The van der Waals surface area contributed by atoms with Crippen LogP contribution in [0.15, 0.2) is 28.7 Å². The molecule has 1 aromatic heterocycles. The van der Waals surface area contributed by atoms with E-state index < -0.39 is 0 Å². The Labute approximate surface area is 102 Å². The standard InChI is InChI=1S/C10H12BrN5/c11-9-4-2-1-3-8(9)7-10-13-15-16(14-10)6-5-12/h1-4H,5-7,12H2. The zero-order valence-electron chi connectivity index (χ0n) is 8.67. The molecular weight excluding hydrogens is 270 g/mol. The molecule has 0 saturated heterocycles. The molecule has 0 spiro atoms. The van der Waals surface area contributed by atoms with E-state index in [0.29, 0.717) is 25.3 Å². The van der Waals surface area contributed by atoms with Crippen LogP contribution in [-0.2, 0) is 13.0 Å². The van der Waals surface area contributed by atoms with Crippen LogP contribution in [0.5, 0.6) is 0 Å². The van der Waals surface area contributed by atoms with Gasteiger partial charge in [0.25, 0.3) is 0 Å². The number of tetrazole rings is 1. The Morgan fingerprint density at radius 2 is 2.12 bits per heavy atom. The maximum absolute atomic E-state index is 5.41. The highest BCUT2D eigenvalue weighted by molar-refractivity contribution is 9.10. The van der Waals surface area contributed by atoms with Crippen LogP contribution in [0.25, 0.3) is 0 Å². The van der Waals surface area contributed by atoms with Gasteiger partial charge in [-0.1, -0.05) is 34.1 Å². The first-order valence-corrected chi connectivity index (χ1v) is 5.79. The van der Waals surface area contributed by atoms with Crippen molar-refractivity contribution >= 4 is 15.9 Å². The predicted molar refractivity (Wildman–Crippen MR) is 63.8 cm³/mol. The molecule has 1 aromatic carbocycles. The first kappa shape index (κ1) is 11.2. The number of halogens is 1. The Kier molecular flexibility index (Phi) is 3.63. The Morgan fingerprint density at radius 3 is 2.88 bits per heavy atom. The fourth-order valence-corrected chi connectivity index (χ4v) is 1.79. The van der Waals surface area contributed by atoms with Gasteiger partial charge in [0.05, 0.1) is 6.54 Å².